The predicted octanol–water partition coefficient (Wildman–Crippen LogP) is 1.76. The maximum Gasteiger partial charge on any atom is 0.308 e. The number of nitrogens with zero attached hydrogens (tertiary/aromatic N) is 3. The number of rotatable bonds is 2. The molecule has 2 N–H and O–H groups in total. The minimum Gasteiger partial charge on any atom is -0.469 e. The molecule has 0 aliphatic heterocycles. The molecule has 0 atom stereocenters. The fourth-order valence-electron chi connectivity index (χ4n) is 3.02. The molecule has 0 bridgehead atoms. The highest BCUT2D eigenvalue weighted by Crippen LogP contribution is 2.36. The largest absolute Gasteiger partial charge is 0.469 e. The van der Waals surface area contributed by atoms with E-state index in [4.69, 9.17) is 10.5 Å². The standard InChI is InChI=1S/C14H18N4O2/c1-20-14(19)10-4-2-9(3-5-10)13-17-8-11-12(15)16-6-7-18(11)13/h6-10H,2-5H2,1H3,(H2,15,16)/t9-,10-. The molecule has 1 aliphatic rings. The zero-order valence-electron chi connectivity index (χ0n) is 11.5. The van der Waals surface area contributed by atoms with E-state index in [1.54, 1.807) is 12.4 Å². The van der Waals surface area contributed by atoms with Crippen LogP contribution in [0.1, 0.15) is 37.4 Å². The van der Waals surface area contributed by atoms with Gasteiger partial charge in [0.2, 0.25) is 0 Å². The Labute approximate surface area is 117 Å². The minimum atomic E-state index is -0.0927. The first kappa shape index (κ1) is 12.9. The number of esters is 1. The number of nitrogen functional groups attached to an aromatic ring is 1. The van der Waals surface area contributed by atoms with E-state index in [1.165, 1.54) is 7.11 Å². The summed E-state index contributed by atoms with van der Waals surface area (Å²) in [5.74, 6) is 1.81. The van der Waals surface area contributed by atoms with Gasteiger partial charge in [0.25, 0.3) is 0 Å². The van der Waals surface area contributed by atoms with Crippen LogP contribution in [0.3, 0.4) is 0 Å². The zero-order chi connectivity index (χ0) is 14.1. The summed E-state index contributed by atoms with van der Waals surface area (Å²) in [7, 11) is 1.45. The first-order valence-electron chi connectivity index (χ1n) is 6.86. The summed E-state index contributed by atoms with van der Waals surface area (Å²) in [4.78, 5) is 20.1. The number of carbonyl (C=O) groups excluding carboxylic acids is 1. The average molecular weight is 274 g/mol. The van der Waals surface area contributed by atoms with Gasteiger partial charge in [0.1, 0.15) is 17.2 Å². The highest BCUT2D eigenvalue weighted by atomic mass is 16.5. The number of aromatic nitrogens is 3. The maximum atomic E-state index is 11.5. The lowest BCUT2D eigenvalue weighted by molar-refractivity contribution is -0.146. The maximum absolute atomic E-state index is 11.5. The van der Waals surface area contributed by atoms with Crippen LogP contribution in [0, 0.1) is 5.92 Å². The van der Waals surface area contributed by atoms with Gasteiger partial charge in [-0.3, -0.25) is 9.20 Å². The van der Waals surface area contributed by atoms with Crippen molar-refractivity contribution in [2.45, 2.75) is 31.6 Å². The number of anilines is 1. The molecule has 106 valence electrons. The zero-order valence-corrected chi connectivity index (χ0v) is 11.5. The molecule has 6 heteroatoms. The van der Waals surface area contributed by atoms with Gasteiger partial charge >= 0.3 is 5.97 Å². The summed E-state index contributed by atoms with van der Waals surface area (Å²) >= 11 is 0. The normalized spacial score (nSPS) is 22.9. The van der Waals surface area contributed by atoms with Crippen LogP contribution in [0.25, 0.3) is 5.52 Å². The van der Waals surface area contributed by atoms with E-state index < -0.39 is 0 Å². The Hall–Kier alpha value is -2.11. The molecule has 0 aromatic carbocycles. The van der Waals surface area contributed by atoms with Crippen LogP contribution >= 0.6 is 0 Å². The van der Waals surface area contributed by atoms with Crippen LogP contribution in [0.15, 0.2) is 18.6 Å². The molecule has 1 saturated carbocycles. The molecule has 3 rings (SSSR count). The molecule has 6 nitrogen and oxygen atoms in total. The molecule has 0 amide bonds. The lowest BCUT2D eigenvalue weighted by Gasteiger charge is -2.26. The number of hydrogen-bond donors (Lipinski definition) is 1. The van der Waals surface area contributed by atoms with Crippen LogP contribution in [0.5, 0.6) is 0 Å². The lowest BCUT2D eigenvalue weighted by atomic mass is 9.81. The molecule has 0 saturated heterocycles. The van der Waals surface area contributed by atoms with Crippen LogP contribution in [-0.2, 0) is 9.53 Å². The topological polar surface area (TPSA) is 82.5 Å². The molecule has 2 aromatic rings. The van der Waals surface area contributed by atoms with Crippen molar-refractivity contribution in [1.29, 1.82) is 0 Å². The van der Waals surface area contributed by atoms with E-state index in [0.717, 1.165) is 37.0 Å². The van der Waals surface area contributed by atoms with Crippen LogP contribution in [0.4, 0.5) is 5.82 Å². The van der Waals surface area contributed by atoms with Gasteiger partial charge in [-0.25, -0.2) is 9.97 Å². The Morgan fingerprint density at radius 2 is 2.10 bits per heavy atom. The highest BCUT2D eigenvalue weighted by molar-refractivity contribution is 5.72. The molecule has 1 aliphatic carbocycles. The Morgan fingerprint density at radius 1 is 1.35 bits per heavy atom. The third-order valence-corrected chi connectivity index (χ3v) is 4.14. The Balaban J connectivity index is 1.80. The van der Waals surface area contributed by atoms with E-state index in [2.05, 4.69) is 9.97 Å². The van der Waals surface area contributed by atoms with Crippen molar-refractivity contribution in [3.63, 3.8) is 0 Å². The number of ether oxygens (including phenoxy) is 1. The first-order valence-corrected chi connectivity index (χ1v) is 6.86. The summed E-state index contributed by atoms with van der Waals surface area (Å²) in [6.07, 6.45) is 8.94. The summed E-state index contributed by atoms with van der Waals surface area (Å²) in [6.45, 7) is 0. The number of hydrogen-bond acceptors (Lipinski definition) is 5. The van der Waals surface area contributed by atoms with Gasteiger partial charge in [-0.1, -0.05) is 0 Å². The van der Waals surface area contributed by atoms with Crippen molar-refractivity contribution >= 4 is 17.3 Å². The van der Waals surface area contributed by atoms with Crippen molar-refractivity contribution in [2.24, 2.45) is 5.92 Å². The van der Waals surface area contributed by atoms with Crippen molar-refractivity contribution < 1.29 is 9.53 Å². The number of imidazole rings is 1. The second-order valence-corrected chi connectivity index (χ2v) is 5.26. The lowest BCUT2D eigenvalue weighted by Crippen LogP contribution is -2.23. The van der Waals surface area contributed by atoms with E-state index in [0.29, 0.717) is 11.7 Å². The highest BCUT2D eigenvalue weighted by Gasteiger charge is 2.29. The third kappa shape index (κ3) is 2.11. The molecule has 1 fully saturated rings. The summed E-state index contributed by atoms with van der Waals surface area (Å²) in [5, 5.41) is 0. The van der Waals surface area contributed by atoms with Crippen LogP contribution in [-0.4, -0.2) is 27.4 Å². The minimum absolute atomic E-state index is 0.0363. The van der Waals surface area contributed by atoms with Crippen molar-refractivity contribution in [2.75, 3.05) is 12.8 Å². The number of fused-ring (bicyclic) bond motifs is 1. The number of carbonyl (C=O) groups is 1. The van der Waals surface area contributed by atoms with Gasteiger partial charge < -0.3 is 10.5 Å². The third-order valence-electron chi connectivity index (χ3n) is 4.14. The summed E-state index contributed by atoms with van der Waals surface area (Å²) in [6, 6.07) is 0. The van der Waals surface area contributed by atoms with Gasteiger partial charge in [0, 0.05) is 18.3 Å². The Morgan fingerprint density at radius 3 is 2.80 bits per heavy atom. The first-order chi connectivity index (χ1) is 9.70. The smallest absolute Gasteiger partial charge is 0.308 e. The monoisotopic (exact) mass is 274 g/mol. The van der Waals surface area contributed by atoms with E-state index in [1.807, 2.05) is 10.6 Å². The van der Waals surface area contributed by atoms with Gasteiger partial charge in [-0.05, 0) is 25.7 Å². The molecular weight excluding hydrogens is 256 g/mol. The predicted molar refractivity (Wildman–Crippen MR) is 74.1 cm³/mol. The molecule has 0 spiro atoms. The Kier molecular flexibility index (Phi) is 3.30. The van der Waals surface area contributed by atoms with Gasteiger partial charge in [0.05, 0.1) is 19.2 Å². The molecule has 2 heterocycles. The van der Waals surface area contributed by atoms with Crippen molar-refractivity contribution in [1.82, 2.24) is 14.4 Å². The summed E-state index contributed by atoms with van der Waals surface area (Å²) in [5.41, 5.74) is 6.69. The van der Waals surface area contributed by atoms with E-state index in [-0.39, 0.29) is 11.9 Å². The van der Waals surface area contributed by atoms with Gasteiger partial charge in [0.15, 0.2) is 0 Å². The van der Waals surface area contributed by atoms with Gasteiger partial charge in [-0.2, -0.15) is 0 Å². The molecular formula is C14H18N4O2. The SMILES string of the molecule is COC(=O)[C@H]1CC[C@H](c2ncc3c(N)nccn32)CC1. The Bertz CT molecular complexity index is 629. The van der Waals surface area contributed by atoms with Gasteiger partial charge in [-0.15, -0.1) is 0 Å². The fraction of sp³-hybridized carbons (Fsp3) is 0.500. The number of methoxy groups -OCH3 is 1. The fourth-order valence-corrected chi connectivity index (χ4v) is 3.02. The van der Waals surface area contributed by atoms with Crippen molar-refractivity contribution in [3.8, 4) is 0 Å². The summed E-state index contributed by atoms with van der Waals surface area (Å²) < 4.78 is 6.82. The van der Waals surface area contributed by atoms with E-state index >= 15 is 0 Å². The number of nitrogens with two attached hydrogens (primary N) is 1. The second-order valence-electron chi connectivity index (χ2n) is 5.26. The molecule has 2 aromatic heterocycles. The van der Waals surface area contributed by atoms with Crippen LogP contribution in [0.2, 0.25) is 0 Å². The van der Waals surface area contributed by atoms with E-state index in [9.17, 15) is 4.79 Å². The second kappa shape index (κ2) is 5.11. The molecule has 20 heavy (non-hydrogen) atoms. The molecule has 0 unspecified atom stereocenters. The molecule has 0 radical (unpaired) electrons. The quantitative estimate of drug-likeness (QED) is 0.844. The average Bonchev–Trinajstić information content (AvgIpc) is 2.92. The van der Waals surface area contributed by atoms with Crippen molar-refractivity contribution in [3.05, 3.63) is 24.4 Å². The van der Waals surface area contributed by atoms with Crippen LogP contribution < -0.4 is 5.73 Å².